The van der Waals surface area contributed by atoms with Crippen molar-refractivity contribution in [2.24, 2.45) is 0 Å². The number of rotatable bonds is 4. The van der Waals surface area contributed by atoms with E-state index in [0.717, 1.165) is 11.3 Å². The van der Waals surface area contributed by atoms with Crippen molar-refractivity contribution in [3.63, 3.8) is 0 Å². The number of carbonyl (C=O) groups is 1. The van der Waals surface area contributed by atoms with Gasteiger partial charge in [-0.2, -0.15) is 0 Å². The summed E-state index contributed by atoms with van der Waals surface area (Å²) in [6, 6.07) is 10.0. The predicted octanol–water partition coefficient (Wildman–Crippen LogP) is 3.75. The Hall–Kier alpha value is -2.36. The molecule has 0 heterocycles. The third-order valence-electron chi connectivity index (χ3n) is 3.27. The molecule has 0 bridgehead atoms. The van der Waals surface area contributed by atoms with Crippen molar-refractivity contribution in [1.29, 1.82) is 0 Å². The van der Waals surface area contributed by atoms with Crippen LogP contribution in [0.5, 0.6) is 0 Å². The van der Waals surface area contributed by atoms with Crippen LogP contribution in [0.3, 0.4) is 0 Å². The first-order valence-corrected chi connectivity index (χ1v) is 6.31. The standard InChI is InChI=1S/C16H16FNO2/c1-10-8-12(6-7-14(10)17)9-18-15-5-3-4-13(11(15)2)16(19)20/h3-8,18H,9H2,1-2H3,(H,19,20). The minimum absolute atomic E-state index is 0.224. The number of nitrogens with one attached hydrogen (secondary N) is 1. The summed E-state index contributed by atoms with van der Waals surface area (Å²) in [6.45, 7) is 4.00. The molecule has 2 aromatic carbocycles. The van der Waals surface area contributed by atoms with Gasteiger partial charge in [0.1, 0.15) is 5.82 Å². The Morgan fingerprint density at radius 3 is 2.65 bits per heavy atom. The lowest BCUT2D eigenvalue weighted by Crippen LogP contribution is -2.06. The molecule has 20 heavy (non-hydrogen) atoms. The van der Waals surface area contributed by atoms with Crippen molar-refractivity contribution in [2.45, 2.75) is 20.4 Å². The van der Waals surface area contributed by atoms with Crippen LogP contribution < -0.4 is 5.32 Å². The van der Waals surface area contributed by atoms with Crippen LogP contribution in [0.15, 0.2) is 36.4 Å². The minimum Gasteiger partial charge on any atom is -0.478 e. The third-order valence-corrected chi connectivity index (χ3v) is 3.27. The molecular weight excluding hydrogens is 257 g/mol. The first-order chi connectivity index (χ1) is 9.49. The summed E-state index contributed by atoms with van der Waals surface area (Å²) in [6.07, 6.45) is 0. The van der Waals surface area contributed by atoms with Crippen LogP contribution in [-0.4, -0.2) is 11.1 Å². The van der Waals surface area contributed by atoms with Crippen LogP contribution in [0, 0.1) is 19.7 Å². The van der Waals surface area contributed by atoms with Crippen molar-refractivity contribution in [3.8, 4) is 0 Å². The average Bonchev–Trinajstić information content (AvgIpc) is 2.41. The largest absolute Gasteiger partial charge is 0.478 e. The molecule has 0 saturated heterocycles. The van der Waals surface area contributed by atoms with Gasteiger partial charge in [-0.05, 0) is 48.7 Å². The fraction of sp³-hybridized carbons (Fsp3) is 0.188. The van der Waals surface area contributed by atoms with Gasteiger partial charge >= 0.3 is 5.97 Å². The number of carboxylic acids is 1. The molecule has 2 N–H and O–H groups in total. The second kappa shape index (κ2) is 5.74. The highest BCUT2D eigenvalue weighted by molar-refractivity contribution is 5.91. The maximum absolute atomic E-state index is 13.2. The van der Waals surface area contributed by atoms with Gasteiger partial charge in [0, 0.05) is 12.2 Å². The summed E-state index contributed by atoms with van der Waals surface area (Å²) in [5.74, 6) is -1.17. The van der Waals surface area contributed by atoms with Crippen molar-refractivity contribution in [2.75, 3.05) is 5.32 Å². The summed E-state index contributed by atoms with van der Waals surface area (Å²) in [4.78, 5) is 11.1. The van der Waals surface area contributed by atoms with Crippen LogP contribution in [0.2, 0.25) is 0 Å². The molecular formula is C16H16FNO2. The molecule has 0 saturated carbocycles. The van der Waals surface area contributed by atoms with Crippen LogP contribution in [0.25, 0.3) is 0 Å². The number of halogens is 1. The quantitative estimate of drug-likeness (QED) is 0.891. The highest BCUT2D eigenvalue weighted by Crippen LogP contribution is 2.20. The molecule has 0 radical (unpaired) electrons. The van der Waals surface area contributed by atoms with Gasteiger partial charge in [0.2, 0.25) is 0 Å². The van der Waals surface area contributed by atoms with E-state index in [1.165, 1.54) is 6.07 Å². The lowest BCUT2D eigenvalue weighted by Gasteiger charge is -2.12. The highest BCUT2D eigenvalue weighted by atomic mass is 19.1. The maximum atomic E-state index is 13.2. The van der Waals surface area contributed by atoms with Gasteiger partial charge in [0.25, 0.3) is 0 Å². The number of aryl methyl sites for hydroxylation is 1. The minimum atomic E-state index is -0.941. The second-order valence-electron chi connectivity index (χ2n) is 4.72. The monoisotopic (exact) mass is 273 g/mol. The Morgan fingerprint density at radius 2 is 2.00 bits per heavy atom. The van der Waals surface area contributed by atoms with Crippen LogP contribution >= 0.6 is 0 Å². The molecule has 2 aromatic rings. The Balaban J connectivity index is 2.17. The Bertz CT molecular complexity index is 653. The lowest BCUT2D eigenvalue weighted by atomic mass is 10.1. The smallest absolute Gasteiger partial charge is 0.336 e. The number of benzene rings is 2. The van der Waals surface area contributed by atoms with E-state index in [9.17, 15) is 9.18 Å². The summed E-state index contributed by atoms with van der Waals surface area (Å²) in [7, 11) is 0. The van der Waals surface area contributed by atoms with E-state index < -0.39 is 5.97 Å². The third kappa shape index (κ3) is 2.96. The van der Waals surface area contributed by atoms with Gasteiger partial charge in [-0.25, -0.2) is 9.18 Å². The molecule has 0 spiro atoms. The van der Waals surface area contributed by atoms with E-state index in [1.54, 1.807) is 38.1 Å². The van der Waals surface area contributed by atoms with Gasteiger partial charge in [0.05, 0.1) is 5.56 Å². The molecule has 0 aliphatic rings. The first kappa shape index (κ1) is 14.1. The zero-order valence-corrected chi connectivity index (χ0v) is 11.4. The molecule has 0 aromatic heterocycles. The summed E-state index contributed by atoms with van der Waals surface area (Å²) in [5.41, 5.74) is 3.29. The van der Waals surface area contributed by atoms with Crippen LogP contribution in [0.4, 0.5) is 10.1 Å². The lowest BCUT2D eigenvalue weighted by molar-refractivity contribution is 0.0696. The van der Waals surface area contributed by atoms with Gasteiger partial charge in [-0.15, -0.1) is 0 Å². The molecule has 3 nitrogen and oxygen atoms in total. The average molecular weight is 273 g/mol. The Morgan fingerprint density at radius 1 is 1.25 bits per heavy atom. The Kier molecular flexibility index (Phi) is 4.03. The SMILES string of the molecule is Cc1cc(CNc2cccc(C(=O)O)c2C)ccc1F. The molecule has 2 rings (SSSR count). The van der Waals surface area contributed by atoms with Crippen molar-refractivity contribution in [3.05, 3.63) is 64.5 Å². The van der Waals surface area contributed by atoms with E-state index in [-0.39, 0.29) is 11.4 Å². The fourth-order valence-corrected chi connectivity index (χ4v) is 2.07. The zero-order valence-electron chi connectivity index (χ0n) is 11.4. The number of anilines is 1. The van der Waals surface area contributed by atoms with E-state index in [2.05, 4.69) is 5.32 Å². The number of carboxylic acid groups (broad SMARTS) is 1. The van der Waals surface area contributed by atoms with Crippen LogP contribution in [-0.2, 0) is 6.54 Å². The number of hydrogen-bond donors (Lipinski definition) is 2. The van der Waals surface area contributed by atoms with E-state index in [1.807, 2.05) is 6.07 Å². The van der Waals surface area contributed by atoms with Crippen molar-refractivity contribution in [1.82, 2.24) is 0 Å². The van der Waals surface area contributed by atoms with Crippen molar-refractivity contribution < 1.29 is 14.3 Å². The summed E-state index contributed by atoms with van der Waals surface area (Å²) < 4.78 is 13.2. The van der Waals surface area contributed by atoms with Gasteiger partial charge in [-0.3, -0.25) is 0 Å². The summed E-state index contributed by atoms with van der Waals surface area (Å²) >= 11 is 0. The first-order valence-electron chi connectivity index (χ1n) is 6.31. The van der Waals surface area contributed by atoms with E-state index in [4.69, 9.17) is 5.11 Å². The summed E-state index contributed by atoms with van der Waals surface area (Å²) in [5, 5.41) is 12.3. The molecule has 0 aliphatic heterocycles. The Labute approximate surface area is 117 Å². The van der Waals surface area contributed by atoms with E-state index >= 15 is 0 Å². The number of hydrogen-bond acceptors (Lipinski definition) is 2. The van der Waals surface area contributed by atoms with Gasteiger partial charge < -0.3 is 10.4 Å². The molecule has 104 valence electrons. The topological polar surface area (TPSA) is 49.3 Å². The molecule has 0 fully saturated rings. The fourth-order valence-electron chi connectivity index (χ4n) is 2.07. The molecule has 4 heteroatoms. The molecule has 0 atom stereocenters. The molecule has 0 unspecified atom stereocenters. The maximum Gasteiger partial charge on any atom is 0.336 e. The van der Waals surface area contributed by atoms with Gasteiger partial charge in [-0.1, -0.05) is 18.2 Å². The van der Waals surface area contributed by atoms with Crippen molar-refractivity contribution >= 4 is 11.7 Å². The zero-order chi connectivity index (χ0) is 14.7. The second-order valence-corrected chi connectivity index (χ2v) is 4.72. The van der Waals surface area contributed by atoms with Crippen LogP contribution in [0.1, 0.15) is 27.0 Å². The number of aromatic carboxylic acids is 1. The van der Waals surface area contributed by atoms with E-state index in [0.29, 0.717) is 17.7 Å². The molecule has 0 aliphatic carbocycles. The highest BCUT2D eigenvalue weighted by Gasteiger charge is 2.09. The van der Waals surface area contributed by atoms with Gasteiger partial charge in [0.15, 0.2) is 0 Å². The molecule has 0 amide bonds. The normalized spacial score (nSPS) is 10.3. The predicted molar refractivity (Wildman–Crippen MR) is 76.6 cm³/mol.